The number of likely N-dealkylation sites (tertiary alicyclic amines) is 1. The number of imide groups is 1. The molecule has 4 rings (SSSR count). The van der Waals surface area contributed by atoms with E-state index in [4.69, 9.17) is 4.42 Å². The topological polar surface area (TPSA) is 91.1 Å². The van der Waals surface area contributed by atoms with Crippen LogP contribution in [0.4, 0.5) is 0 Å². The second kappa shape index (κ2) is 9.21. The van der Waals surface area contributed by atoms with Gasteiger partial charge in [0.15, 0.2) is 5.76 Å². The maximum atomic E-state index is 13.5. The highest BCUT2D eigenvalue weighted by Gasteiger charge is 2.54. The lowest BCUT2D eigenvalue weighted by atomic mass is 9.74. The summed E-state index contributed by atoms with van der Waals surface area (Å²) in [6.45, 7) is 5.72. The molecule has 0 radical (unpaired) electrons. The Morgan fingerprint density at radius 2 is 1.73 bits per heavy atom. The standard InChI is InChI=1S/C25H29N3O5/c1-3-28-22(30)17-25(24(28)32,19-9-5-4-8-18(19)2)16-21(29)26-11-7-12-27(14-13-26)23(31)20-10-6-15-33-20/h4-6,8-10,15H,3,7,11-14,16-17H2,1-2H3/t25-/m1/s1. The molecule has 0 N–H and O–H groups in total. The molecule has 0 aliphatic carbocycles. The Labute approximate surface area is 193 Å². The van der Waals surface area contributed by atoms with Gasteiger partial charge in [0.1, 0.15) is 0 Å². The summed E-state index contributed by atoms with van der Waals surface area (Å²) in [6, 6.07) is 10.8. The number of benzene rings is 1. The first-order valence-corrected chi connectivity index (χ1v) is 11.4. The van der Waals surface area contributed by atoms with Crippen LogP contribution in [0.1, 0.15) is 47.9 Å². The first kappa shape index (κ1) is 22.8. The van der Waals surface area contributed by atoms with Crippen molar-refractivity contribution in [3.63, 3.8) is 0 Å². The smallest absolute Gasteiger partial charge is 0.289 e. The second-order valence-corrected chi connectivity index (χ2v) is 8.70. The van der Waals surface area contributed by atoms with Crippen molar-refractivity contribution in [2.75, 3.05) is 32.7 Å². The zero-order chi connectivity index (χ0) is 23.6. The van der Waals surface area contributed by atoms with Gasteiger partial charge < -0.3 is 14.2 Å². The monoisotopic (exact) mass is 451 g/mol. The van der Waals surface area contributed by atoms with Crippen LogP contribution < -0.4 is 0 Å². The molecule has 33 heavy (non-hydrogen) atoms. The van der Waals surface area contributed by atoms with E-state index in [2.05, 4.69) is 0 Å². The summed E-state index contributed by atoms with van der Waals surface area (Å²) in [5.74, 6) is -0.639. The third-order valence-electron chi connectivity index (χ3n) is 6.71. The number of aryl methyl sites for hydroxylation is 1. The highest BCUT2D eigenvalue weighted by Crippen LogP contribution is 2.41. The maximum Gasteiger partial charge on any atom is 0.289 e. The zero-order valence-electron chi connectivity index (χ0n) is 19.1. The van der Waals surface area contributed by atoms with Gasteiger partial charge in [0.2, 0.25) is 17.7 Å². The molecule has 2 saturated heterocycles. The molecule has 1 aromatic carbocycles. The maximum absolute atomic E-state index is 13.5. The first-order chi connectivity index (χ1) is 15.9. The number of carbonyl (C=O) groups is 4. The highest BCUT2D eigenvalue weighted by molar-refractivity contribution is 6.11. The molecule has 4 amide bonds. The average Bonchev–Trinajstić information content (AvgIpc) is 3.32. The van der Waals surface area contributed by atoms with Crippen molar-refractivity contribution < 1.29 is 23.6 Å². The average molecular weight is 452 g/mol. The predicted octanol–water partition coefficient (Wildman–Crippen LogP) is 2.37. The van der Waals surface area contributed by atoms with Gasteiger partial charge in [-0.1, -0.05) is 24.3 Å². The fourth-order valence-corrected chi connectivity index (χ4v) is 4.97. The van der Waals surface area contributed by atoms with Crippen molar-refractivity contribution in [1.82, 2.24) is 14.7 Å². The Bertz CT molecular complexity index is 1060. The fourth-order valence-electron chi connectivity index (χ4n) is 4.97. The number of rotatable bonds is 5. The van der Waals surface area contributed by atoms with Crippen molar-refractivity contribution in [3.05, 3.63) is 59.5 Å². The van der Waals surface area contributed by atoms with Gasteiger partial charge in [0.25, 0.3) is 5.91 Å². The highest BCUT2D eigenvalue weighted by atomic mass is 16.3. The van der Waals surface area contributed by atoms with E-state index in [0.29, 0.717) is 32.6 Å². The van der Waals surface area contributed by atoms with Crippen LogP contribution >= 0.6 is 0 Å². The van der Waals surface area contributed by atoms with Crippen LogP contribution in [0.25, 0.3) is 0 Å². The number of carbonyl (C=O) groups excluding carboxylic acids is 4. The van der Waals surface area contributed by atoms with Crippen LogP contribution in [0.3, 0.4) is 0 Å². The summed E-state index contributed by atoms with van der Waals surface area (Å²) in [6.07, 6.45) is 2.02. The minimum absolute atomic E-state index is 0.00673. The van der Waals surface area contributed by atoms with Crippen LogP contribution in [0.15, 0.2) is 47.1 Å². The third-order valence-corrected chi connectivity index (χ3v) is 6.71. The van der Waals surface area contributed by atoms with E-state index in [1.54, 1.807) is 28.9 Å². The van der Waals surface area contributed by atoms with Crippen molar-refractivity contribution in [3.8, 4) is 0 Å². The number of hydrogen-bond donors (Lipinski definition) is 0. The number of amides is 4. The Balaban J connectivity index is 1.54. The molecule has 8 nitrogen and oxygen atoms in total. The molecule has 0 spiro atoms. The molecule has 174 valence electrons. The van der Waals surface area contributed by atoms with Crippen LogP contribution in [-0.2, 0) is 19.8 Å². The van der Waals surface area contributed by atoms with Gasteiger partial charge >= 0.3 is 0 Å². The van der Waals surface area contributed by atoms with E-state index in [9.17, 15) is 19.2 Å². The lowest BCUT2D eigenvalue weighted by molar-refractivity contribution is -0.142. The second-order valence-electron chi connectivity index (χ2n) is 8.70. The van der Waals surface area contributed by atoms with E-state index in [-0.39, 0.29) is 48.8 Å². The van der Waals surface area contributed by atoms with Gasteiger partial charge in [-0.2, -0.15) is 0 Å². The Hall–Kier alpha value is -3.42. The lowest BCUT2D eigenvalue weighted by Gasteiger charge is -2.31. The minimum Gasteiger partial charge on any atom is -0.459 e. The van der Waals surface area contributed by atoms with Crippen LogP contribution in [0.2, 0.25) is 0 Å². The minimum atomic E-state index is -1.19. The Morgan fingerprint density at radius 1 is 1.00 bits per heavy atom. The summed E-state index contributed by atoms with van der Waals surface area (Å²) >= 11 is 0. The van der Waals surface area contributed by atoms with Gasteiger partial charge in [-0.15, -0.1) is 0 Å². The molecule has 0 bridgehead atoms. The van der Waals surface area contributed by atoms with Gasteiger partial charge in [-0.3, -0.25) is 24.1 Å². The summed E-state index contributed by atoms with van der Waals surface area (Å²) in [7, 11) is 0. The molecule has 3 heterocycles. The molecule has 1 aromatic heterocycles. The molecular formula is C25H29N3O5. The van der Waals surface area contributed by atoms with Gasteiger partial charge in [0, 0.05) is 45.6 Å². The van der Waals surface area contributed by atoms with Crippen molar-refractivity contribution >= 4 is 23.6 Å². The van der Waals surface area contributed by atoms with Crippen molar-refractivity contribution in [2.45, 2.75) is 38.5 Å². The fraction of sp³-hybridized carbons (Fsp3) is 0.440. The van der Waals surface area contributed by atoms with Crippen LogP contribution in [0.5, 0.6) is 0 Å². The number of nitrogens with zero attached hydrogens (tertiary/aromatic N) is 3. The SMILES string of the molecule is CCN1C(=O)C[C@](CC(=O)N2CCCN(C(=O)c3ccco3)CC2)(c2ccccc2C)C1=O. The van der Waals surface area contributed by atoms with Gasteiger partial charge in [-0.25, -0.2) is 0 Å². The molecule has 0 saturated carbocycles. The molecule has 8 heteroatoms. The number of likely N-dealkylation sites (N-methyl/N-ethyl adjacent to an activating group) is 1. The molecule has 2 aliphatic rings. The van der Waals surface area contributed by atoms with Crippen LogP contribution in [0, 0.1) is 6.92 Å². The van der Waals surface area contributed by atoms with Crippen molar-refractivity contribution in [1.29, 1.82) is 0 Å². The van der Waals surface area contributed by atoms with Crippen molar-refractivity contribution in [2.24, 2.45) is 0 Å². The third kappa shape index (κ3) is 4.17. The molecular weight excluding hydrogens is 422 g/mol. The molecule has 1 atom stereocenters. The summed E-state index contributed by atoms with van der Waals surface area (Å²) in [5.41, 5.74) is 0.429. The zero-order valence-corrected chi connectivity index (χ0v) is 19.1. The summed E-state index contributed by atoms with van der Waals surface area (Å²) in [5, 5.41) is 0. The Kier molecular flexibility index (Phi) is 6.35. The van der Waals surface area contributed by atoms with E-state index in [1.165, 1.54) is 11.2 Å². The van der Waals surface area contributed by atoms with E-state index < -0.39 is 5.41 Å². The quantitative estimate of drug-likeness (QED) is 0.651. The lowest BCUT2D eigenvalue weighted by Crippen LogP contribution is -2.44. The van der Waals surface area contributed by atoms with Gasteiger partial charge in [0.05, 0.1) is 11.7 Å². The number of furan rings is 1. The molecule has 2 fully saturated rings. The Morgan fingerprint density at radius 3 is 2.39 bits per heavy atom. The van der Waals surface area contributed by atoms with E-state index in [1.807, 2.05) is 31.2 Å². The van der Waals surface area contributed by atoms with Gasteiger partial charge in [-0.05, 0) is 43.5 Å². The molecule has 0 unspecified atom stereocenters. The predicted molar refractivity (Wildman–Crippen MR) is 120 cm³/mol. The summed E-state index contributed by atoms with van der Waals surface area (Å²) in [4.78, 5) is 56.9. The molecule has 2 aromatic rings. The summed E-state index contributed by atoms with van der Waals surface area (Å²) < 4.78 is 5.22. The van der Waals surface area contributed by atoms with E-state index in [0.717, 1.165) is 11.1 Å². The van der Waals surface area contributed by atoms with Crippen LogP contribution in [-0.4, -0.2) is 71.1 Å². The molecule has 2 aliphatic heterocycles. The normalized spacial score (nSPS) is 21.5. The largest absolute Gasteiger partial charge is 0.459 e. The number of hydrogen-bond acceptors (Lipinski definition) is 5. The van der Waals surface area contributed by atoms with E-state index >= 15 is 0 Å². The first-order valence-electron chi connectivity index (χ1n) is 11.4.